The third-order valence-electron chi connectivity index (χ3n) is 5.54. The number of carbonyl (C=O) groups excluding carboxylic acids is 2. The fourth-order valence-corrected chi connectivity index (χ4v) is 4.67. The first-order valence-electron chi connectivity index (χ1n) is 8.42. The lowest BCUT2D eigenvalue weighted by Gasteiger charge is -2.28. The van der Waals surface area contributed by atoms with Crippen LogP contribution in [0.1, 0.15) is 33.3 Å². The second-order valence-corrected chi connectivity index (χ2v) is 7.92. The lowest BCUT2D eigenvalue weighted by Crippen LogP contribution is -2.39. The third kappa shape index (κ3) is 2.45. The Morgan fingerprint density at radius 2 is 2.08 bits per heavy atom. The fourth-order valence-electron chi connectivity index (χ4n) is 4.22. The minimum Gasteiger partial charge on any atom is -0.345 e. The highest BCUT2D eigenvalue weighted by Crippen LogP contribution is 2.49. The van der Waals surface area contributed by atoms with Crippen LogP contribution in [-0.2, 0) is 4.79 Å². The molecule has 130 valence electrons. The lowest BCUT2D eigenvalue weighted by molar-refractivity contribution is -0.134. The van der Waals surface area contributed by atoms with Crippen LogP contribution in [0.15, 0.2) is 30.3 Å². The molecular formula is C18H20N4O2S. The SMILES string of the molecule is Cc1snnc1C(=O)N1CC[C@]2(C1)C(=O)N(C)C[C@H]2c1ccccc1. The van der Waals surface area contributed by atoms with Crippen molar-refractivity contribution in [3.05, 3.63) is 46.5 Å². The van der Waals surface area contributed by atoms with Crippen LogP contribution >= 0.6 is 11.5 Å². The van der Waals surface area contributed by atoms with Crippen LogP contribution in [0.2, 0.25) is 0 Å². The predicted octanol–water partition coefficient (Wildman–Crippen LogP) is 1.93. The molecule has 2 aromatic rings. The molecule has 4 rings (SSSR count). The molecule has 25 heavy (non-hydrogen) atoms. The second-order valence-electron chi connectivity index (χ2n) is 6.96. The quantitative estimate of drug-likeness (QED) is 0.825. The van der Waals surface area contributed by atoms with E-state index >= 15 is 0 Å². The minimum atomic E-state index is -0.525. The summed E-state index contributed by atoms with van der Waals surface area (Å²) in [6, 6.07) is 10.2. The summed E-state index contributed by atoms with van der Waals surface area (Å²) < 4.78 is 3.86. The Morgan fingerprint density at radius 3 is 2.76 bits per heavy atom. The molecule has 2 saturated heterocycles. The van der Waals surface area contributed by atoms with Gasteiger partial charge in [0.05, 0.1) is 10.3 Å². The standard InChI is InChI=1S/C18H20N4O2S/c1-12-15(19-20-25-12)16(23)22-9-8-18(11-22)14(10-21(2)17(18)24)13-6-4-3-5-7-13/h3-7,14H,8-11H2,1-2H3/t14-,18+/m0/s1. The van der Waals surface area contributed by atoms with Crippen molar-refractivity contribution in [3.8, 4) is 0 Å². The van der Waals surface area contributed by atoms with Crippen molar-refractivity contribution in [1.82, 2.24) is 19.4 Å². The molecule has 0 unspecified atom stereocenters. The maximum absolute atomic E-state index is 13.0. The number of aromatic nitrogens is 2. The molecule has 0 bridgehead atoms. The van der Waals surface area contributed by atoms with Crippen LogP contribution in [0.4, 0.5) is 0 Å². The van der Waals surface area contributed by atoms with Crippen molar-refractivity contribution >= 4 is 23.3 Å². The molecule has 2 aliphatic heterocycles. The second kappa shape index (κ2) is 5.91. The predicted molar refractivity (Wildman–Crippen MR) is 94.4 cm³/mol. The zero-order chi connectivity index (χ0) is 17.6. The van der Waals surface area contributed by atoms with Gasteiger partial charge in [0.25, 0.3) is 5.91 Å². The Bertz CT molecular complexity index is 821. The number of hydrogen-bond acceptors (Lipinski definition) is 5. The molecule has 0 saturated carbocycles. The van der Waals surface area contributed by atoms with Gasteiger partial charge in [0.1, 0.15) is 0 Å². The van der Waals surface area contributed by atoms with Crippen molar-refractivity contribution < 1.29 is 9.59 Å². The number of likely N-dealkylation sites (tertiary alicyclic amines) is 2. The van der Waals surface area contributed by atoms with E-state index in [0.717, 1.165) is 4.88 Å². The fraction of sp³-hybridized carbons (Fsp3) is 0.444. The van der Waals surface area contributed by atoms with Crippen molar-refractivity contribution in [2.45, 2.75) is 19.3 Å². The van der Waals surface area contributed by atoms with Gasteiger partial charge >= 0.3 is 0 Å². The highest BCUT2D eigenvalue weighted by Gasteiger charge is 2.57. The van der Waals surface area contributed by atoms with E-state index in [2.05, 4.69) is 21.7 Å². The molecular weight excluding hydrogens is 336 g/mol. The van der Waals surface area contributed by atoms with Crippen molar-refractivity contribution in [2.24, 2.45) is 5.41 Å². The monoisotopic (exact) mass is 356 g/mol. The number of rotatable bonds is 2. The minimum absolute atomic E-state index is 0.110. The maximum Gasteiger partial charge on any atom is 0.275 e. The number of carbonyl (C=O) groups is 2. The Morgan fingerprint density at radius 1 is 1.32 bits per heavy atom. The Balaban J connectivity index is 1.65. The first-order valence-corrected chi connectivity index (χ1v) is 9.19. The van der Waals surface area contributed by atoms with Crippen molar-refractivity contribution in [2.75, 3.05) is 26.7 Å². The zero-order valence-corrected chi connectivity index (χ0v) is 15.1. The Hall–Kier alpha value is -2.28. The summed E-state index contributed by atoms with van der Waals surface area (Å²) in [7, 11) is 1.85. The van der Waals surface area contributed by atoms with E-state index < -0.39 is 5.41 Å². The van der Waals surface area contributed by atoms with E-state index in [1.807, 2.05) is 32.2 Å². The van der Waals surface area contributed by atoms with E-state index in [-0.39, 0.29) is 17.7 Å². The van der Waals surface area contributed by atoms with Gasteiger partial charge in [-0.2, -0.15) is 0 Å². The van der Waals surface area contributed by atoms with Gasteiger partial charge < -0.3 is 9.80 Å². The number of likely N-dealkylation sites (N-methyl/N-ethyl adjacent to an activating group) is 1. The normalized spacial score (nSPS) is 26.0. The largest absolute Gasteiger partial charge is 0.345 e. The molecule has 0 aliphatic carbocycles. The molecule has 0 N–H and O–H groups in total. The first-order chi connectivity index (χ1) is 12.0. The van der Waals surface area contributed by atoms with Gasteiger partial charge in [0.15, 0.2) is 5.69 Å². The first kappa shape index (κ1) is 16.2. The molecule has 2 atom stereocenters. The third-order valence-corrected chi connectivity index (χ3v) is 6.17. The average molecular weight is 356 g/mol. The molecule has 1 aromatic carbocycles. The van der Waals surface area contributed by atoms with Crippen LogP contribution in [-0.4, -0.2) is 57.9 Å². The van der Waals surface area contributed by atoms with Crippen LogP contribution < -0.4 is 0 Å². The van der Waals surface area contributed by atoms with E-state index in [0.29, 0.717) is 31.7 Å². The molecule has 3 heterocycles. The molecule has 1 aromatic heterocycles. The van der Waals surface area contributed by atoms with Crippen LogP contribution in [0, 0.1) is 12.3 Å². The average Bonchev–Trinajstić information content (AvgIpc) is 3.31. The van der Waals surface area contributed by atoms with Gasteiger partial charge in [-0.3, -0.25) is 9.59 Å². The number of aryl methyl sites for hydroxylation is 1. The summed E-state index contributed by atoms with van der Waals surface area (Å²) in [5, 5.41) is 3.97. The van der Waals surface area contributed by atoms with Gasteiger partial charge in [-0.15, -0.1) is 5.10 Å². The smallest absolute Gasteiger partial charge is 0.275 e. The summed E-state index contributed by atoms with van der Waals surface area (Å²) in [5.41, 5.74) is 1.06. The summed E-state index contributed by atoms with van der Waals surface area (Å²) in [6.07, 6.45) is 0.693. The molecule has 6 nitrogen and oxygen atoms in total. The van der Waals surface area contributed by atoms with Crippen LogP contribution in [0.3, 0.4) is 0 Å². The molecule has 7 heteroatoms. The number of benzene rings is 1. The summed E-state index contributed by atoms with van der Waals surface area (Å²) in [4.78, 5) is 30.2. The zero-order valence-electron chi connectivity index (χ0n) is 14.3. The summed E-state index contributed by atoms with van der Waals surface area (Å²) in [6.45, 7) is 3.58. The molecule has 0 radical (unpaired) electrons. The van der Waals surface area contributed by atoms with Crippen LogP contribution in [0.5, 0.6) is 0 Å². The lowest BCUT2D eigenvalue weighted by atomic mass is 9.73. The molecule has 1 spiro atoms. The molecule has 2 fully saturated rings. The summed E-state index contributed by atoms with van der Waals surface area (Å²) in [5.74, 6) is 0.140. The number of nitrogens with zero attached hydrogens (tertiary/aromatic N) is 4. The van der Waals surface area contributed by atoms with Gasteiger partial charge in [0.2, 0.25) is 5.91 Å². The van der Waals surface area contributed by atoms with Gasteiger partial charge in [-0.25, -0.2) is 0 Å². The van der Waals surface area contributed by atoms with Gasteiger partial charge in [-0.1, -0.05) is 34.8 Å². The topological polar surface area (TPSA) is 66.4 Å². The van der Waals surface area contributed by atoms with E-state index in [1.54, 1.807) is 9.80 Å². The van der Waals surface area contributed by atoms with Crippen molar-refractivity contribution in [1.29, 1.82) is 0 Å². The van der Waals surface area contributed by atoms with Crippen LogP contribution in [0.25, 0.3) is 0 Å². The Labute approximate surface area is 150 Å². The highest BCUT2D eigenvalue weighted by molar-refractivity contribution is 7.05. The van der Waals surface area contributed by atoms with Crippen molar-refractivity contribution in [3.63, 3.8) is 0 Å². The summed E-state index contributed by atoms with van der Waals surface area (Å²) >= 11 is 1.23. The van der Waals surface area contributed by atoms with E-state index in [4.69, 9.17) is 0 Å². The Kier molecular flexibility index (Phi) is 3.83. The highest BCUT2D eigenvalue weighted by atomic mass is 32.1. The van der Waals surface area contributed by atoms with Gasteiger partial charge in [0, 0.05) is 32.6 Å². The maximum atomic E-state index is 13.0. The van der Waals surface area contributed by atoms with Gasteiger partial charge in [-0.05, 0) is 30.4 Å². The number of amides is 2. The molecule has 2 amide bonds. The van der Waals surface area contributed by atoms with E-state index in [9.17, 15) is 9.59 Å². The number of hydrogen-bond donors (Lipinski definition) is 0. The van der Waals surface area contributed by atoms with E-state index in [1.165, 1.54) is 17.1 Å². The molecule has 2 aliphatic rings.